The first-order valence-corrected chi connectivity index (χ1v) is 10.3. The van der Waals surface area contributed by atoms with Gasteiger partial charge >= 0.3 is 0 Å². The van der Waals surface area contributed by atoms with E-state index >= 15 is 0 Å². The maximum absolute atomic E-state index is 14.5. The molecule has 32 heavy (non-hydrogen) atoms. The third kappa shape index (κ3) is 9.97. The lowest BCUT2D eigenvalue weighted by Gasteiger charge is -2.16. The van der Waals surface area contributed by atoms with Crippen molar-refractivity contribution in [2.24, 2.45) is 5.92 Å². The zero-order valence-electron chi connectivity index (χ0n) is 19.7. The van der Waals surface area contributed by atoms with Crippen molar-refractivity contribution < 1.29 is 17.9 Å². The van der Waals surface area contributed by atoms with E-state index in [-0.39, 0.29) is 35.2 Å². The summed E-state index contributed by atoms with van der Waals surface area (Å²) >= 11 is 0. The molecule has 1 nitrogen and oxygen atoms in total. The third-order valence-electron chi connectivity index (χ3n) is 4.54. The van der Waals surface area contributed by atoms with Crippen molar-refractivity contribution in [1.82, 2.24) is 0 Å². The molecule has 0 radical (unpaired) electrons. The number of hydrogen-bond acceptors (Lipinski definition) is 1. The lowest BCUT2D eigenvalue weighted by atomic mass is 9.99. The zero-order chi connectivity index (χ0) is 25.0. The molecule has 0 saturated heterocycles. The van der Waals surface area contributed by atoms with E-state index in [0.29, 0.717) is 23.3 Å². The van der Waals surface area contributed by atoms with Gasteiger partial charge in [0.25, 0.3) is 0 Å². The summed E-state index contributed by atoms with van der Waals surface area (Å²) in [5.74, 6) is -2.92. The standard InChI is InChI=1S/C28H35F3O/c1-11-12-13-21(6)27(30)28(31)25(10)20(5)15-14-19(4)22(7)16-26(29)24(9)23(8)17-32-18(2)3/h11-12,14-16,18,23H,4-7,9-10,13,17H2,1-3,8H3/b12-11-,15-14-,26-16+,28-27-. The van der Waals surface area contributed by atoms with Crippen LogP contribution in [0.2, 0.25) is 0 Å². The molecule has 0 spiro atoms. The summed E-state index contributed by atoms with van der Waals surface area (Å²) in [6, 6.07) is 0. The molecule has 0 amide bonds. The van der Waals surface area contributed by atoms with Gasteiger partial charge in [0.2, 0.25) is 0 Å². The largest absolute Gasteiger partial charge is 0.378 e. The second kappa shape index (κ2) is 14.3. The molecule has 0 saturated carbocycles. The van der Waals surface area contributed by atoms with E-state index in [4.69, 9.17) is 4.74 Å². The first-order valence-electron chi connectivity index (χ1n) is 10.3. The van der Waals surface area contributed by atoms with E-state index in [0.717, 1.165) is 0 Å². The van der Waals surface area contributed by atoms with Gasteiger partial charge in [-0.25, -0.2) is 13.2 Å². The van der Waals surface area contributed by atoms with Crippen LogP contribution in [0.3, 0.4) is 0 Å². The maximum Gasteiger partial charge on any atom is 0.166 e. The van der Waals surface area contributed by atoms with Crippen molar-refractivity contribution in [1.29, 1.82) is 0 Å². The second-order valence-electron chi connectivity index (χ2n) is 7.69. The fraction of sp³-hybridized carbons (Fsp3) is 0.286. The SMILES string of the molecule is C=C(/C=C\C(=C)C(=C)/C(F)=C(/F)C(=C)C/C=C\C)C(=C)/C=C(/F)C(=C)C(C)COC(C)C. The molecule has 0 rings (SSSR count). The highest BCUT2D eigenvalue weighted by Crippen LogP contribution is 2.28. The normalized spacial score (nSPS) is 13.9. The summed E-state index contributed by atoms with van der Waals surface area (Å²) in [6.45, 7) is 29.9. The molecule has 1 atom stereocenters. The second-order valence-corrected chi connectivity index (χ2v) is 7.69. The van der Waals surface area contributed by atoms with Gasteiger partial charge in [0.15, 0.2) is 11.7 Å². The Hall–Kier alpha value is -2.85. The van der Waals surface area contributed by atoms with Crippen molar-refractivity contribution in [2.45, 2.75) is 40.2 Å². The molecule has 0 N–H and O–H groups in total. The van der Waals surface area contributed by atoms with Crippen LogP contribution in [0.25, 0.3) is 0 Å². The molecular weight excluding hydrogens is 409 g/mol. The third-order valence-corrected chi connectivity index (χ3v) is 4.54. The average molecular weight is 445 g/mol. The first kappa shape index (κ1) is 29.1. The number of ether oxygens (including phenoxy) is 1. The highest BCUT2D eigenvalue weighted by Gasteiger charge is 2.15. The van der Waals surface area contributed by atoms with Crippen LogP contribution in [0.4, 0.5) is 13.2 Å². The summed E-state index contributed by atoms with van der Waals surface area (Å²) in [5, 5.41) is 0. The van der Waals surface area contributed by atoms with Gasteiger partial charge in [-0.15, -0.1) is 0 Å². The van der Waals surface area contributed by atoms with E-state index in [9.17, 15) is 13.2 Å². The van der Waals surface area contributed by atoms with Crippen LogP contribution in [0.1, 0.15) is 34.1 Å². The Kier molecular flexibility index (Phi) is 13.0. The molecular formula is C28H35F3O. The molecule has 0 heterocycles. The van der Waals surface area contributed by atoms with Crippen LogP contribution in [0.15, 0.2) is 121 Å². The summed E-state index contributed by atoms with van der Waals surface area (Å²) in [7, 11) is 0. The summed E-state index contributed by atoms with van der Waals surface area (Å²) in [5.41, 5.74) is 0.895. The van der Waals surface area contributed by atoms with Gasteiger partial charge in [-0.05, 0) is 61.1 Å². The fourth-order valence-electron chi connectivity index (χ4n) is 2.20. The Bertz CT molecular complexity index is 892. The van der Waals surface area contributed by atoms with Crippen molar-refractivity contribution in [3.05, 3.63) is 121 Å². The molecule has 0 aromatic rings. The Morgan fingerprint density at radius 3 is 1.94 bits per heavy atom. The van der Waals surface area contributed by atoms with Gasteiger partial charge in [0.1, 0.15) is 5.83 Å². The molecule has 174 valence electrons. The monoisotopic (exact) mass is 444 g/mol. The summed E-state index contributed by atoms with van der Waals surface area (Å²) in [4.78, 5) is 0. The minimum absolute atomic E-state index is 0.00480. The van der Waals surface area contributed by atoms with Crippen molar-refractivity contribution in [3.8, 4) is 0 Å². The van der Waals surface area contributed by atoms with E-state index in [1.807, 2.05) is 20.8 Å². The van der Waals surface area contributed by atoms with E-state index < -0.39 is 17.5 Å². The van der Waals surface area contributed by atoms with E-state index in [1.54, 1.807) is 19.1 Å². The molecule has 0 fully saturated rings. The molecule has 1 unspecified atom stereocenters. The van der Waals surface area contributed by atoms with Gasteiger partial charge in [0, 0.05) is 11.5 Å². The quantitative estimate of drug-likeness (QED) is 0.192. The maximum atomic E-state index is 14.5. The van der Waals surface area contributed by atoms with E-state index in [2.05, 4.69) is 39.5 Å². The topological polar surface area (TPSA) is 9.23 Å². The number of halogens is 3. The Morgan fingerprint density at radius 2 is 1.41 bits per heavy atom. The molecule has 4 heteroatoms. The minimum Gasteiger partial charge on any atom is -0.378 e. The number of hydrogen-bond donors (Lipinski definition) is 0. The molecule has 0 aliphatic carbocycles. The lowest BCUT2D eigenvalue weighted by molar-refractivity contribution is 0.0626. The van der Waals surface area contributed by atoms with Gasteiger partial charge in [-0.3, -0.25) is 0 Å². The molecule has 0 aliphatic heterocycles. The highest BCUT2D eigenvalue weighted by atomic mass is 19.2. The van der Waals surface area contributed by atoms with E-state index in [1.165, 1.54) is 18.2 Å². The average Bonchev–Trinajstić information content (AvgIpc) is 2.76. The van der Waals surface area contributed by atoms with Crippen LogP contribution in [-0.2, 0) is 4.74 Å². The first-order chi connectivity index (χ1) is 14.8. The Labute approximate surface area is 191 Å². The lowest BCUT2D eigenvalue weighted by Crippen LogP contribution is -2.13. The molecule has 0 aromatic heterocycles. The highest BCUT2D eigenvalue weighted by molar-refractivity contribution is 5.53. The van der Waals surface area contributed by atoms with Crippen LogP contribution in [0, 0.1) is 5.92 Å². The van der Waals surface area contributed by atoms with Crippen LogP contribution in [-0.4, -0.2) is 12.7 Å². The van der Waals surface area contributed by atoms with Gasteiger partial charge in [-0.2, -0.15) is 0 Å². The van der Waals surface area contributed by atoms with Gasteiger partial charge < -0.3 is 4.74 Å². The smallest absolute Gasteiger partial charge is 0.166 e. The summed E-state index contributed by atoms with van der Waals surface area (Å²) in [6.07, 6.45) is 7.74. The molecule has 0 bridgehead atoms. The van der Waals surface area contributed by atoms with Crippen molar-refractivity contribution >= 4 is 0 Å². The minimum atomic E-state index is -1.13. The van der Waals surface area contributed by atoms with Crippen LogP contribution in [0.5, 0.6) is 0 Å². The van der Waals surface area contributed by atoms with Crippen molar-refractivity contribution in [2.75, 3.05) is 6.61 Å². The predicted molar refractivity (Wildman–Crippen MR) is 132 cm³/mol. The molecule has 0 aliphatic rings. The zero-order valence-corrected chi connectivity index (χ0v) is 19.7. The Morgan fingerprint density at radius 1 is 0.844 bits per heavy atom. The predicted octanol–water partition coefficient (Wildman–Crippen LogP) is 8.91. The van der Waals surface area contributed by atoms with Gasteiger partial charge in [0.05, 0.1) is 12.7 Å². The fourth-order valence-corrected chi connectivity index (χ4v) is 2.20. The van der Waals surface area contributed by atoms with Crippen LogP contribution >= 0.6 is 0 Å². The van der Waals surface area contributed by atoms with Gasteiger partial charge in [-0.1, -0.05) is 70.7 Å². The Balaban J connectivity index is 5.18. The van der Waals surface area contributed by atoms with Crippen molar-refractivity contribution in [3.63, 3.8) is 0 Å². The summed E-state index contributed by atoms with van der Waals surface area (Å²) < 4.78 is 48.5. The molecule has 0 aromatic carbocycles. The number of allylic oxidation sites excluding steroid dienone is 13. The number of rotatable bonds is 14. The van der Waals surface area contributed by atoms with Crippen LogP contribution < -0.4 is 0 Å².